The highest BCUT2D eigenvalue weighted by molar-refractivity contribution is 5.24. The molecule has 0 aromatic heterocycles. The Balaban J connectivity index is 2.52. The van der Waals surface area contributed by atoms with E-state index in [4.69, 9.17) is 0 Å². The van der Waals surface area contributed by atoms with Crippen molar-refractivity contribution in [2.75, 3.05) is 6.61 Å². The summed E-state index contributed by atoms with van der Waals surface area (Å²) < 4.78 is 0. The van der Waals surface area contributed by atoms with Crippen molar-refractivity contribution in [3.05, 3.63) is 35.4 Å². The summed E-state index contributed by atoms with van der Waals surface area (Å²) in [5.41, 5.74) is 2.64. The lowest BCUT2D eigenvalue weighted by molar-refractivity contribution is 0.210. The van der Waals surface area contributed by atoms with Crippen LogP contribution in [0.25, 0.3) is 0 Å². The molecule has 0 aliphatic heterocycles. The zero-order chi connectivity index (χ0) is 12.8. The molecule has 0 spiro atoms. The standard InChI is InChI=1S/C15H25NO/c1-11(2)14-7-5-13(6-8-14)9-16-15(10-17)12(3)4/h5-8,11-12,15-17H,9-10H2,1-4H3. The number of benzene rings is 1. The highest BCUT2D eigenvalue weighted by Crippen LogP contribution is 2.14. The second-order valence-corrected chi connectivity index (χ2v) is 5.31. The van der Waals surface area contributed by atoms with Gasteiger partial charge in [0.25, 0.3) is 0 Å². The van der Waals surface area contributed by atoms with E-state index in [1.54, 1.807) is 0 Å². The van der Waals surface area contributed by atoms with Crippen molar-refractivity contribution in [1.82, 2.24) is 5.32 Å². The Morgan fingerprint density at radius 3 is 2.06 bits per heavy atom. The van der Waals surface area contributed by atoms with Crippen molar-refractivity contribution in [2.24, 2.45) is 5.92 Å². The number of hydrogen-bond donors (Lipinski definition) is 2. The van der Waals surface area contributed by atoms with Gasteiger partial charge in [-0.05, 0) is 23.0 Å². The predicted molar refractivity (Wildman–Crippen MR) is 73.1 cm³/mol. The highest BCUT2D eigenvalue weighted by Gasteiger charge is 2.10. The molecule has 1 rings (SSSR count). The number of aliphatic hydroxyl groups is 1. The van der Waals surface area contributed by atoms with Crippen LogP contribution < -0.4 is 5.32 Å². The fourth-order valence-corrected chi connectivity index (χ4v) is 1.78. The van der Waals surface area contributed by atoms with Crippen molar-refractivity contribution in [2.45, 2.75) is 46.2 Å². The number of rotatable bonds is 6. The predicted octanol–water partition coefficient (Wildman–Crippen LogP) is 2.92. The van der Waals surface area contributed by atoms with Gasteiger partial charge in [-0.3, -0.25) is 0 Å². The molecule has 0 aliphatic rings. The molecular weight excluding hydrogens is 210 g/mol. The van der Waals surface area contributed by atoms with Crippen LogP contribution in [0.1, 0.15) is 44.7 Å². The average molecular weight is 235 g/mol. The normalized spacial score (nSPS) is 13.4. The molecule has 2 nitrogen and oxygen atoms in total. The molecule has 2 heteroatoms. The van der Waals surface area contributed by atoms with Gasteiger partial charge in [0.2, 0.25) is 0 Å². The van der Waals surface area contributed by atoms with Gasteiger partial charge < -0.3 is 10.4 Å². The maximum absolute atomic E-state index is 9.23. The first-order valence-electron chi connectivity index (χ1n) is 6.47. The molecule has 1 unspecified atom stereocenters. The molecule has 17 heavy (non-hydrogen) atoms. The van der Waals surface area contributed by atoms with E-state index in [9.17, 15) is 5.11 Å². The lowest BCUT2D eigenvalue weighted by Crippen LogP contribution is -2.36. The van der Waals surface area contributed by atoms with E-state index in [2.05, 4.69) is 57.3 Å². The van der Waals surface area contributed by atoms with Gasteiger partial charge in [0, 0.05) is 12.6 Å². The first-order valence-corrected chi connectivity index (χ1v) is 6.47. The van der Waals surface area contributed by atoms with Gasteiger partial charge in [-0.2, -0.15) is 0 Å². The van der Waals surface area contributed by atoms with Crippen LogP contribution in [-0.4, -0.2) is 17.8 Å². The van der Waals surface area contributed by atoms with Crippen molar-refractivity contribution in [3.63, 3.8) is 0 Å². The minimum absolute atomic E-state index is 0.180. The van der Waals surface area contributed by atoms with Gasteiger partial charge in [-0.25, -0.2) is 0 Å². The van der Waals surface area contributed by atoms with Crippen molar-refractivity contribution in [1.29, 1.82) is 0 Å². The molecule has 0 saturated heterocycles. The van der Waals surface area contributed by atoms with Crippen molar-refractivity contribution >= 4 is 0 Å². The summed E-state index contributed by atoms with van der Waals surface area (Å²) in [5.74, 6) is 1.04. The van der Waals surface area contributed by atoms with Crippen LogP contribution in [0.15, 0.2) is 24.3 Å². The summed E-state index contributed by atoms with van der Waals surface area (Å²) in [7, 11) is 0. The third kappa shape index (κ3) is 4.49. The second-order valence-electron chi connectivity index (χ2n) is 5.31. The van der Waals surface area contributed by atoms with E-state index in [1.807, 2.05) is 0 Å². The molecular formula is C15H25NO. The third-order valence-electron chi connectivity index (χ3n) is 3.22. The topological polar surface area (TPSA) is 32.3 Å². The van der Waals surface area contributed by atoms with Crippen molar-refractivity contribution < 1.29 is 5.11 Å². The first-order chi connectivity index (χ1) is 8.04. The highest BCUT2D eigenvalue weighted by atomic mass is 16.3. The molecule has 0 fully saturated rings. The van der Waals surface area contributed by atoms with Crippen LogP contribution in [0.5, 0.6) is 0 Å². The molecule has 1 atom stereocenters. The Morgan fingerprint density at radius 1 is 1.06 bits per heavy atom. The Morgan fingerprint density at radius 2 is 1.65 bits per heavy atom. The second kappa shape index (κ2) is 6.77. The summed E-state index contributed by atoms with van der Waals surface area (Å²) in [6, 6.07) is 8.88. The van der Waals surface area contributed by atoms with Gasteiger partial charge in [0.05, 0.1) is 6.61 Å². The van der Waals surface area contributed by atoms with Crippen LogP contribution >= 0.6 is 0 Å². The molecule has 1 aromatic carbocycles. The van der Waals surface area contributed by atoms with Gasteiger partial charge in [0.1, 0.15) is 0 Å². The minimum atomic E-state index is 0.180. The van der Waals surface area contributed by atoms with Crippen LogP contribution in [0.2, 0.25) is 0 Å². The average Bonchev–Trinajstić information content (AvgIpc) is 2.30. The van der Waals surface area contributed by atoms with Crippen LogP contribution in [0.3, 0.4) is 0 Å². The lowest BCUT2D eigenvalue weighted by Gasteiger charge is -2.20. The maximum Gasteiger partial charge on any atom is 0.0587 e. The van der Waals surface area contributed by atoms with E-state index < -0.39 is 0 Å². The number of hydrogen-bond acceptors (Lipinski definition) is 2. The van der Waals surface area contributed by atoms with E-state index in [-0.39, 0.29) is 12.6 Å². The zero-order valence-electron chi connectivity index (χ0n) is 11.4. The van der Waals surface area contributed by atoms with Gasteiger partial charge >= 0.3 is 0 Å². The molecule has 96 valence electrons. The number of nitrogens with one attached hydrogen (secondary N) is 1. The lowest BCUT2D eigenvalue weighted by atomic mass is 10.0. The molecule has 0 heterocycles. The number of aliphatic hydroxyl groups excluding tert-OH is 1. The molecule has 0 aliphatic carbocycles. The van der Waals surface area contributed by atoms with Crippen molar-refractivity contribution in [3.8, 4) is 0 Å². The molecule has 0 saturated carbocycles. The third-order valence-corrected chi connectivity index (χ3v) is 3.22. The first kappa shape index (κ1) is 14.2. The van der Waals surface area contributed by atoms with E-state index in [1.165, 1.54) is 11.1 Å². The van der Waals surface area contributed by atoms with Crippen LogP contribution in [0.4, 0.5) is 0 Å². The fraction of sp³-hybridized carbons (Fsp3) is 0.600. The maximum atomic E-state index is 9.23. The minimum Gasteiger partial charge on any atom is -0.395 e. The van der Waals surface area contributed by atoms with Gasteiger partial charge in [-0.15, -0.1) is 0 Å². The molecule has 2 N–H and O–H groups in total. The summed E-state index contributed by atoms with van der Waals surface area (Å²) in [6.45, 7) is 9.66. The van der Waals surface area contributed by atoms with Gasteiger partial charge in [0.15, 0.2) is 0 Å². The van der Waals surface area contributed by atoms with E-state index >= 15 is 0 Å². The molecule has 0 amide bonds. The fourth-order valence-electron chi connectivity index (χ4n) is 1.78. The molecule has 0 bridgehead atoms. The van der Waals surface area contributed by atoms with Crippen LogP contribution in [0, 0.1) is 5.92 Å². The summed E-state index contributed by atoms with van der Waals surface area (Å²) >= 11 is 0. The Kier molecular flexibility index (Phi) is 5.66. The molecule has 0 radical (unpaired) electrons. The smallest absolute Gasteiger partial charge is 0.0587 e. The quantitative estimate of drug-likeness (QED) is 0.794. The van der Waals surface area contributed by atoms with Crippen LogP contribution in [-0.2, 0) is 6.54 Å². The summed E-state index contributed by atoms with van der Waals surface area (Å²) in [5, 5.41) is 12.6. The Bertz CT molecular complexity index is 316. The Labute approximate surface area is 105 Å². The zero-order valence-corrected chi connectivity index (χ0v) is 11.4. The van der Waals surface area contributed by atoms with Gasteiger partial charge in [-0.1, -0.05) is 52.0 Å². The summed E-state index contributed by atoms with van der Waals surface area (Å²) in [4.78, 5) is 0. The molecule has 1 aromatic rings. The Hall–Kier alpha value is -0.860. The van der Waals surface area contributed by atoms with E-state index in [0.717, 1.165) is 6.54 Å². The monoisotopic (exact) mass is 235 g/mol. The largest absolute Gasteiger partial charge is 0.395 e. The summed E-state index contributed by atoms with van der Waals surface area (Å²) in [6.07, 6.45) is 0. The van der Waals surface area contributed by atoms with E-state index in [0.29, 0.717) is 11.8 Å². The SMILES string of the molecule is CC(C)c1ccc(CNC(CO)C(C)C)cc1.